The van der Waals surface area contributed by atoms with E-state index in [1.807, 2.05) is 41.5 Å². The third-order valence-electron chi connectivity index (χ3n) is 5.35. The Labute approximate surface area is 270 Å². The highest BCUT2D eigenvalue weighted by Gasteiger charge is 2.13. The Balaban J connectivity index is -0.0000000995. The molecule has 1 saturated carbocycles. The van der Waals surface area contributed by atoms with E-state index >= 15 is 0 Å². The van der Waals surface area contributed by atoms with Gasteiger partial charge in [-0.2, -0.15) is 0 Å². The maximum Gasteiger partial charge on any atom is 0.0344 e. The largest absolute Gasteiger partial charge is 0.103 e. The van der Waals surface area contributed by atoms with Crippen LogP contribution in [0, 0.1) is 29.6 Å². The van der Waals surface area contributed by atoms with Crippen LogP contribution >= 0.6 is 0 Å². The number of benzene rings is 1. The molecule has 0 aromatic heterocycles. The van der Waals surface area contributed by atoms with Gasteiger partial charge in [-0.3, -0.25) is 0 Å². The number of hydrogen-bond donors (Lipinski definition) is 0. The smallest absolute Gasteiger partial charge is 0.0344 e. The van der Waals surface area contributed by atoms with Gasteiger partial charge in [-0.15, -0.1) is 6.58 Å². The summed E-state index contributed by atoms with van der Waals surface area (Å²) in [5.41, 5.74) is 5.06. The Hall–Kier alpha value is -2.00. The van der Waals surface area contributed by atoms with Gasteiger partial charge in [0.2, 0.25) is 0 Å². The van der Waals surface area contributed by atoms with Crippen LogP contribution in [0.1, 0.15) is 167 Å². The molecule has 0 spiro atoms. The van der Waals surface area contributed by atoms with Crippen LogP contribution in [0.2, 0.25) is 0 Å². The van der Waals surface area contributed by atoms with Gasteiger partial charge < -0.3 is 0 Å². The maximum absolute atomic E-state index is 3.75. The Morgan fingerprint density at radius 2 is 1.21 bits per heavy atom. The van der Waals surface area contributed by atoms with Crippen LogP contribution in [-0.2, 0) is 12.8 Å². The lowest BCUT2D eigenvalue weighted by Crippen LogP contribution is -2.08. The third kappa shape index (κ3) is 57.8. The molecule has 1 aliphatic rings. The average Bonchev–Trinajstić information content (AvgIpc) is 2.97. The van der Waals surface area contributed by atoms with E-state index in [9.17, 15) is 0 Å². The Bertz CT molecular complexity index is 714. The molecule has 0 amide bonds. The molecule has 248 valence electrons. The molecule has 0 unspecified atom stereocenters. The second kappa shape index (κ2) is 46.0. The average molecular weight is 585 g/mol. The molecule has 0 saturated heterocycles. The van der Waals surface area contributed by atoms with Crippen LogP contribution in [0.25, 0.3) is 0 Å². The molecule has 0 nitrogen and oxygen atoms in total. The highest BCUT2D eigenvalue weighted by Crippen LogP contribution is 2.27. The SMILES string of the molecule is C/C=C(\C)CC.C=C(C)C#CCc1cccc(CC)c1.C=CC.CC.CC.CC(C)C.CC1CCC(C)CC1.CCC. The first kappa shape index (κ1) is 52.6. The summed E-state index contributed by atoms with van der Waals surface area (Å²) in [6.45, 7) is 42.9. The Morgan fingerprint density at radius 3 is 1.48 bits per heavy atom. The predicted octanol–water partition coefficient (Wildman–Crippen LogP) is 14.9. The zero-order valence-corrected chi connectivity index (χ0v) is 32.3. The zero-order valence-electron chi connectivity index (χ0n) is 32.3. The van der Waals surface area contributed by atoms with Crippen LogP contribution in [-0.4, -0.2) is 0 Å². The second-order valence-corrected chi connectivity index (χ2v) is 11.1. The van der Waals surface area contributed by atoms with E-state index in [4.69, 9.17) is 0 Å². The predicted molar refractivity (Wildman–Crippen MR) is 204 cm³/mol. The summed E-state index contributed by atoms with van der Waals surface area (Å²) >= 11 is 0. The van der Waals surface area contributed by atoms with Gasteiger partial charge in [0.05, 0.1) is 0 Å². The first-order valence-corrected chi connectivity index (χ1v) is 17.3. The fourth-order valence-corrected chi connectivity index (χ4v) is 2.89. The van der Waals surface area contributed by atoms with Crippen molar-refractivity contribution in [2.45, 2.75) is 169 Å². The molecule has 0 atom stereocenters. The molecule has 42 heavy (non-hydrogen) atoms. The minimum atomic E-state index is 0.820. The summed E-state index contributed by atoms with van der Waals surface area (Å²) in [5, 5.41) is 0. The maximum atomic E-state index is 3.75. The lowest BCUT2D eigenvalue weighted by molar-refractivity contribution is 0.308. The molecule has 0 radical (unpaired) electrons. The molecular formula is C42H80. The van der Waals surface area contributed by atoms with Crippen LogP contribution in [0.4, 0.5) is 0 Å². The number of rotatable bonds is 3. The number of aryl methyl sites for hydroxylation is 1. The molecular weight excluding hydrogens is 504 g/mol. The van der Waals surface area contributed by atoms with E-state index in [1.165, 1.54) is 55.2 Å². The molecule has 0 aliphatic heterocycles. The lowest BCUT2D eigenvalue weighted by Gasteiger charge is -2.22. The van der Waals surface area contributed by atoms with E-state index in [2.05, 4.69) is 132 Å². The fraction of sp³-hybridized carbons (Fsp3) is 0.667. The summed E-state index contributed by atoms with van der Waals surface area (Å²) in [4.78, 5) is 0. The van der Waals surface area contributed by atoms with Gasteiger partial charge in [0.1, 0.15) is 0 Å². The molecule has 0 heterocycles. The zero-order chi connectivity index (χ0) is 34.4. The van der Waals surface area contributed by atoms with Crippen molar-refractivity contribution in [2.75, 3.05) is 0 Å². The van der Waals surface area contributed by atoms with E-state index in [0.29, 0.717) is 0 Å². The highest BCUT2D eigenvalue weighted by atomic mass is 14.2. The Kier molecular flexibility index (Phi) is 57.6. The summed E-state index contributed by atoms with van der Waals surface area (Å²) < 4.78 is 0. The van der Waals surface area contributed by atoms with E-state index < -0.39 is 0 Å². The van der Waals surface area contributed by atoms with E-state index in [-0.39, 0.29) is 0 Å². The molecule has 1 aliphatic carbocycles. The standard InChI is InChI=1S/C14H16.C8H16.C6H12.C4H10.C3H8.C3H6.2C2H6/c1-4-13-8-6-10-14(11-13)9-5-7-12(2)3;1-7-3-5-8(2)6-4-7;1-4-6(3)5-2;1-4(2)3;2*1-3-2;2*1-2/h6,8,10-11H,2,4,9H2,1,3H3;7-8H,3-6H2,1-2H3;4H,5H2,1-3H3;4H,1-3H3;3H2,1-2H3;3H,1H2,2H3;2*1-2H3/b;;6-4+;;;;;. The van der Waals surface area contributed by atoms with Crippen molar-refractivity contribution < 1.29 is 0 Å². The molecule has 0 heteroatoms. The van der Waals surface area contributed by atoms with Crippen LogP contribution in [0.5, 0.6) is 0 Å². The Morgan fingerprint density at radius 1 is 0.857 bits per heavy atom. The second-order valence-electron chi connectivity index (χ2n) is 11.1. The number of allylic oxidation sites excluding steroid dienone is 4. The summed E-state index contributed by atoms with van der Waals surface area (Å²) in [5.74, 6) is 8.96. The van der Waals surface area contributed by atoms with Crippen molar-refractivity contribution in [3.8, 4) is 11.8 Å². The molecule has 2 rings (SSSR count). The minimum Gasteiger partial charge on any atom is -0.103 e. The van der Waals surface area contributed by atoms with Crippen LogP contribution in [0.15, 0.2) is 60.7 Å². The summed E-state index contributed by atoms with van der Waals surface area (Å²) in [6, 6.07) is 8.58. The van der Waals surface area contributed by atoms with E-state index in [0.717, 1.165) is 36.2 Å². The fourth-order valence-electron chi connectivity index (χ4n) is 2.89. The molecule has 1 aromatic carbocycles. The third-order valence-corrected chi connectivity index (χ3v) is 5.35. The first-order chi connectivity index (χ1) is 19.9. The van der Waals surface area contributed by atoms with Crippen molar-refractivity contribution in [2.24, 2.45) is 17.8 Å². The van der Waals surface area contributed by atoms with Crippen LogP contribution < -0.4 is 0 Å². The van der Waals surface area contributed by atoms with Crippen molar-refractivity contribution in [3.63, 3.8) is 0 Å². The lowest BCUT2D eigenvalue weighted by atomic mass is 9.84. The minimum absolute atomic E-state index is 0.820. The van der Waals surface area contributed by atoms with Gasteiger partial charge >= 0.3 is 0 Å². The normalized spacial score (nSPS) is 14.2. The van der Waals surface area contributed by atoms with Gasteiger partial charge in [0.25, 0.3) is 0 Å². The molecule has 0 bridgehead atoms. The van der Waals surface area contributed by atoms with E-state index in [1.54, 1.807) is 6.08 Å². The highest BCUT2D eigenvalue weighted by molar-refractivity contribution is 5.30. The quantitative estimate of drug-likeness (QED) is 0.245. The monoisotopic (exact) mass is 585 g/mol. The van der Waals surface area contributed by atoms with Crippen molar-refractivity contribution in [1.29, 1.82) is 0 Å². The topological polar surface area (TPSA) is 0 Å². The summed E-state index contributed by atoms with van der Waals surface area (Å²) in [7, 11) is 0. The van der Waals surface area contributed by atoms with Crippen molar-refractivity contribution in [3.05, 3.63) is 71.8 Å². The van der Waals surface area contributed by atoms with Gasteiger partial charge in [-0.1, -0.05) is 183 Å². The molecule has 1 aromatic rings. The van der Waals surface area contributed by atoms with Gasteiger partial charge in [-0.25, -0.2) is 0 Å². The van der Waals surface area contributed by atoms with Gasteiger partial charge in [-0.05, 0) is 75.0 Å². The van der Waals surface area contributed by atoms with Crippen LogP contribution in [0.3, 0.4) is 0 Å². The summed E-state index contributed by atoms with van der Waals surface area (Å²) in [6.07, 6.45) is 14.1. The molecule has 1 fully saturated rings. The van der Waals surface area contributed by atoms with Gasteiger partial charge in [0.15, 0.2) is 0 Å². The van der Waals surface area contributed by atoms with Crippen molar-refractivity contribution in [1.82, 2.24) is 0 Å². The molecule has 0 N–H and O–H groups in total. The van der Waals surface area contributed by atoms with Crippen molar-refractivity contribution >= 4 is 0 Å². The number of hydrogen-bond acceptors (Lipinski definition) is 0. The van der Waals surface area contributed by atoms with Gasteiger partial charge in [0, 0.05) is 6.42 Å². The first-order valence-electron chi connectivity index (χ1n) is 17.3.